The summed E-state index contributed by atoms with van der Waals surface area (Å²) < 4.78 is 25.6. The summed E-state index contributed by atoms with van der Waals surface area (Å²) in [6.45, 7) is 3.36. The molecule has 3 rings (SSSR count). The van der Waals surface area contributed by atoms with Crippen molar-refractivity contribution in [2.45, 2.75) is 13.0 Å². The van der Waals surface area contributed by atoms with E-state index in [4.69, 9.17) is 9.47 Å². The lowest BCUT2D eigenvalue weighted by Gasteiger charge is -2.31. The largest absolute Gasteiger partial charge is 1.00 e. The van der Waals surface area contributed by atoms with Crippen LogP contribution in [0.1, 0.15) is 24.2 Å². The summed E-state index contributed by atoms with van der Waals surface area (Å²) in [5, 5.41) is 0. The third kappa shape index (κ3) is 4.14. The van der Waals surface area contributed by atoms with E-state index >= 15 is 0 Å². The van der Waals surface area contributed by atoms with Gasteiger partial charge in [0.15, 0.2) is 6.10 Å². The predicted octanol–water partition coefficient (Wildman–Crippen LogP) is -0.144. The lowest BCUT2D eigenvalue weighted by atomic mass is 9.94. The molecule has 0 bridgehead atoms. The van der Waals surface area contributed by atoms with Crippen LogP contribution in [0.3, 0.4) is 0 Å². The highest BCUT2D eigenvalue weighted by atomic mass is 35.5. The van der Waals surface area contributed by atoms with E-state index in [0.717, 1.165) is 34.8 Å². The van der Waals surface area contributed by atoms with Crippen molar-refractivity contribution in [1.29, 1.82) is 0 Å². The molecule has 0 aliphatic carbocycles. The van der Waals surface area contributed by atoms with Gasteiger partial charge in [-0.15, -0.1) is 0 Å². The van der Waals surface area contributed by atoms with Gasteiger partial charge in [0.05, 0.1) is 31.8 Å². The Balaban J connectivity index is 0.00000225. The molecule has 1 atom stereocenters. The number of rotatable bonds is 5. The van der Waals surface area contributed by atoms with Crippen LogP contribution in [-0.4, -0.2) is 27.2 Å². The molecule has 0 spiro atoms. The molecular formula is C20H23ClFNO2. The molecule has 25 heavy (non-hydrogen) atoms. The minimum absolute atomic E-state index is 0. The van der Waals surface area contributed by atoms with Gasteiger partial charge in [-0.25, -0.2) is 4.39 Å². The topological polar surface area (TPSA) is 22.9 Å². The molecule has 2 aromatic rings. The Morgan fingerprint density at radius 1 is 1.08 bits per heavy atom. The van der Waals surface area contributed by atoms with Crippen molar-refractivity contribution in [3.05, 3.63) is 71.0 Å². The molecule has 0 amide bonds. The number of ether oxygens (including phenoxy) is 2. The van der Waals surface area contributed by atoms with Gasteiger partial charge in [-0.05, 0) is 36.8 Å². The Bertz CT molecular complexity index is 744. The van der Waals surface area contributed by atoms with Crippen LogP contribution < -0.4 is 22.0 Å². The minimum atomic E-state index is -0.267. The quantitative estimate of drug-likeness (QED) is 0.799. The number of para-hydroxylation sites is 1. The standard InChI is InChI=1S/C20H22FNO2.ClH/c1-4-23-20-16-7-5-6-8-18(16)24-19(17(20)13-22(2)3)14-9-11-15(21)12-10-14;/h5-12,19H,4,13H2,1-3H3;1H. The first-order valence-corrected chi connectivity index (χ1v) is 8.26. The summed E-state index contributed by atoms with van der Waals surface area (Å²) in [6, 6.07) is 14.4. The molecular weight excluding hydrogens is 341 g/mol. The van der Waals surface area contributed by atoms with E-state index in [-0.39, 0.29) is 24.3 Å². The fourth-order valence-electron chi connectivity index (χ4n) is 3.02. The summed E-state index contributed by atoms with van der Waals surface area (Å²) in [6.07, 6.45) is -0.267. The van der Waals surface area contributed by atoms with Crippen molar-refractivity contribution in [2.24, 2.45) is 0 Å². The average molecular weight is 364 g/mol. The summed E-state index contributed by atoms with van der Waals surface area (Å²) in [5.41, 5.74) is 3.00. The van der Waals surface area contributed by atoms with Crippen molar-refractivity contribution in [1.82, 2.24) is 0 Å². The third-order valence-electron chi connectivity index (χ3n) is 3.99. The number of hydrogen-bond donors (Lipinski definition) is 1. The number of fused-ring (bicyclic) bond motifs is 1. The Hall–Kier alpha value is -2.04. The highest BCUT2D eigenvalue weighted by Gasteiger charge is 2.32. The van der Waals surface area contributed by atoms with Gasteiger partial charge in [0.1, 0.15) is 23.9 Å². The molecule has 5 heteroatoms. The molecule has 0 saturated carbocycles. The molecule has 3 nitrogen and oxygen atoms in total. The first-order chi connectivity index (χ1) is 11.6. The molecule has 0 aromatic heterocycles. The highest BCUT2D eigenvalue weighted by Crippen LogP contribution is 2.42. The fourth-order valence-corrected chi connectivity index (χ4v) is 3.02. The average Bonchev–Trinajstić information content (AvgIpc) is 2.57. The number of nitrogens with one attached hydrogen (secondary N) is 1. The van der Waals surface area contributed by atoms with Gasteiger partial charge in [-0.2, -0.15) is 0 Å². The van der Waals surface area contributed by atoms with E-state index in [2.05, 4.69) is 14.1 Å². The molecule has 0 fully saturated rings. The van der Waals surface area contributed by atoms with Crippen LogP contribution in [0.4, 0.5) is 4.39 Å². The van der Waals surface area contributed by atoms with Gasteiger partial charge in [-0.1, -0.05) is 24.3 Å². The smallest absolute Gasteiger partial charge is 0.154 e. The third-order valence-corrected chi connectivity index (χ3v) is 3.99. The van der Waals surface area contributed by atoms with E-state index < -0.39 is 0 Å². The lowest BCUT2D eigenvalue weighted by Crippen LogP contribution is -3.06. The number of benzene rings is 2. The van der Waals surface area contributed by atoms with Crippen LogP contribution in [0.15, 0.2) is 54.1 Å². The zero-order valence-electron chi connectivity index (χ0n) is 14.7. The maximum absolute atomic E-state index is 13.3. The monoisotopic (exact) mass is 363 g/mol. The van der Waals surface area contributed by atoms with Crippen molar-refractivity contribution >= 4 is 5.76 Å². The van der Waals surface area contributed by atoms with Crippen LogP contribution in [0.25, 0.3) is 5.76 Å². The van der Waals surface area contributed by atoms with E-state index in [0.29, 0.717) is 6.61 Å². The number of halogens is 2. The first kappa shape index (κ1) is 19.3. The van der Waals surface area contributed by atoms with Crippen molar-refractivity contribution in [3.63, 3.8) is 0 Å². The lowest BCUT2D eigenvalue weighted by molar-refractivity contribution is -0.853. The molecule has 1 aliphatic rings. The Morgan fingerprint density at radius 3 is 2.40 bits per heavy atom. The number of quaternary nitrogens is 1. The van der Waals surface area contributed by atoms with E-state index in [9.17, 15) is 4.39 Å². The first-order valence-electron chi connectivity index (χ1n) is 8.26. The summed E-state index contributed by atoms with van der Waals surface area (Å²) in [5.74, 6) is 1.44. The molecule has 0 saturated heterocycles. The zero-order valence-corrected chi connectivity index (χ0v) is 15.4. The summed E-state index contributed by atoms with van der Waals surface area (Å²) in [7, 11) is 4.19. The number of likely N-dealkylation sites (N-methyl/N-ethyl adjacent to an activating group) is 1. The molecule has 1 heterocycles. The van der Waals surface area contributed by atoms with E-state index in [1.54, 1.807) is 12.1 Å². The van der Waals surface area contributed by atoms with Gasteiger partial charge in [0.25, 0.3) is 0 Å². The van der Waals surface area contributed by atoms with E-state index in [1.807, 2.05) is 31.2 Å². The highest BCUT2D eigenvalue weighted by molar-refractivity contribution is 5.72. The van der Waals surface area contributed by atoms with Crippen LogP contribution in [0, 0.1) is 5.82 Å². The second kappa shape index (κ2) is 8.37. The maximum atomic E-state index is 13.3. The van der Waals surface area contributed by atoms with E-state index in [1.165, 1.54) is 17.0 Å². The minimum Gasteiger partial charge on any atom is -1.00 e. The van der Waals surface area contributed by atoms with Gasteiger partial charge in [-0.3, -0.25) is 0 Å². The Kier molecular flexibility index (Phi) is 6.45. The summed E-state index contributed by atoms with van der Waals surface area (Å²) >= 11 is 0. The maximum Gasteiger partial charge on any atom is 0.154 e. The predicted molar refractivity (Wildman–Crippen MR) is 92.4 cm³/mol. The summed E-state index contributed by atoms with van der Waals surface area (Å²) in [4.78, 5) is 1.28. The van der Waals surface area contributed by atoms with Crippen LogP contribution >= 0.6 is 0 Å². The van der Waals surface area contributed by atoms with Crippen LogP contribution in [0.5, 0.6) is 5.75 Å². The van der Waals surface area contributed by atoms with Crippen molar-refractivity contribution in [2.75, 3.05) is 27.2 Å². The molecule has 1 unspecified atom stereocenters. The normalized spacial score (nSPS) is 16.1. The molecule has 1 N–H and O–H groups in total. The Morgan fingerprint density at radius 2 is 1.76 bits per heavy atom. The Labute approximate surface area is 154 Å². The van der Waals surface area contributed by atoms with Crippen molar-refractivity contribution in [3.8, 4) is 5.75 Å². The van der Waals surface area contributed by atoms with Crippen LogP contribution in [0.2, 0.25) is 0 Å². The van der Waals surface area contributed by atoms with Gasteiger partial charge in [0.2, 0.25) is 0 Å². The van der Waals surface area contributed by atoms with Gasteiger partial charge in [0, 0.05) is 0 Å². The molecule has 134 valence electrons. The van der Waals surface area contributed by atoms with Gasteiger partial charge < -0.3 is 26.8 Å². The zero-order chi connectivity index (χ0) is 17.1. The molecule has 1 aliphatic heterocycles. The molecule has 2 aromatic carbocycles. The number of hydrogen-bond acceptors (Lipinski definition) is 2. The fraction of sp³-hybridized carbons (Fsp3) is 0.300. The van der Waals surface area contributed by atoms with Crippen molar-refractivity contribution < 1.29 is 31.2 Å². The second-order valence-electron chi connectivity index (χ2n) is 6.22. The second-order valence-corrected chi connectivity index (χ2v) is 6.22. The SMILES string of the molecule is CCOC1=C(C[NH+](C)C)C(c2ccc(F)cc2)Oc2ccccc21.[Cl-]. The molecule has 0 radical (unpaired) electrons. The van der Waals surface area contributed by atoms with Gasteiger partial charge >= 0.3 is 0 Å². The van der Waals surface area contributed by atoms with Crippen LogP contribution in [-0.2, 0) is 4.74 Å².